The molecule has 33 heavy (non-hydrogen) atoms. The summed E-state index contributed by atoms with van der Waals surface area (Å²) in [6, 6.07) is 34.2. The van der Waals surface area contributed by atoms with Crippen molar-refractivity contribution in [3.05, 3.63) is 126 Å². The van der Waals surface area contributed by atoms with Gasteiger partial charge < -0.3 is 10.6 Å². The van der Waals surface area contributed by atoms with Crippen molar-refractivity contribution in [3.63, 3.8) is 0 Å². The van der Waals surface area contributed by atoms with Gasteiger partial charge in [-0.2, -0.15) is 0 Å². The Labute approximate surface area is 198 Å². The number of rotatable bonds is 7. The van der Waals surface area contributed by atoms with Gasteiger partial charge in [0.05, 0.1) is 0 Å². The molecule has 4 aromatic rings. The number of carbonyl (C=O) groups is 2. The number of benzene rings is 4. The molecule has 0 saturated carbocycles. The maximum absolute atomic E-state index is 13.1. The van der Waals surface area contributed by atoms with Crippen molar-refractivity contribution in [3.8, 4) is 0 Å². The van der Waals surface area contributed by atoms with E-state index in [0.717, 1.165) is 21.7 Å². The van der Waals surface area contributed by atoms with Crippen LogP contribution in [0, 0.1) is 6.92 Å². The second kappa shape index (κ2) is 10.7. The molecule has 4 aromatic carbocycles. The third kappa shape index (κ3) is 6.11. The smallest absolute Gasteiger partial charge is 0.255 e. The van der Waals surface area contributed by atoms with Gasteiger partial charge in [-0.15, -0.1) is 11.8 Å². The number of hydrogen-bond donors (Lipinski definition) is 2. The van der Waals surface area contributed by atoms with Crippen molar-refractivity contribution in [2.45, 2.75) is 17.1 Å². The van der Waals surface area contributed by atoms with Crippen LogP contribution in [-0.4, -0.2) is 11.8 Å². The van der Waals surface area contributed by atoms with Crippen LogP contribution >= 0.6 is 11.8 Å². The Morgan fingerprint density at radius 2 is 1.33 bits per heavy atom. The molecule has 2 N–H and O–H groups in total. The number of thioether (sulfide) groups is 1. The van der Waals surface area contributed by atoms with Crippen molar-refractivity contribution in [1.82, 2.24) is 0 Å². The Morgan fingerprint density at radius 3 is 2.00 bits per heavy atom. The zero-order valence-electron chi connectivity index (χ0n) is 18.2. The maximum Gasteiger partial charge on any atom is 0.255 e. The Balaban J connectivity index is 1.48. The fourth-order valence-corrected chi connectivity index (χ4v) is 4.40. The first-order chi connectivity index (χ1) is 16.1. The molecule has 164 valence electrons. The monoisotopic (exact) mass is 452 g/mol. The van der Waals surface area contributed by atoms with Crippen LogP contribution in [-0.2, 0) is 4.79 Å². The summed E-state index contributed by atoms with van der Waals surface area (Å²) >= 11 is 1.47. The summed E-state index contributed by atoms with van der Waals surface area (Å²) in [6.45, 7) is 1.96. The van der Waals surface area contributed by atoms with Gasteiger partial charge in [0.15, 0.2) is 0 Å². The number of para-hydroxylation sites is 1. The Bertz CT molecular complexity index is 1230. The SMILES string of the molecule is Cc1cccc(C(=O)Nc2ccc(SC(C(=O)Nc3ccccc3)c3ccccc3)cc2)c1. The second-order valence-electron chi connectivity index (χ2n) is 7.61. The van der Waals surface area contributed by atoms with E-state index in [1.807, 2.05) is 110 Å². The van der Waals surface area contributed by atoms with Crippen LogP contribution in [0.25, 0.3) is 0 Å². The summed E-state index contributed by atoms with van der Waals surface area (Å²) in [5.74, 6) is -0.238. The van der Waals surface area contributed by atoms with Crippen molar-refractivity contribution >= 4 is 35.0 Å². The minimum Gasteiger partial charge on any atom is -0.325 e. The van der Waals surface area contributed by atoms with Gasteiger partial charge in [0.2, 0.25) is 5.91 Å². The zero-order chi connectivity index (χ0) is 23.0. The predicted molar refractivity (Wildman–Crippen MR) is 136 cm³/mol. The average Bonchev–Trinajstić information content (AvgIpc) is 2.84. The van der Waals surface area contributed by atoms with E-state index in [2.05, 4.69) is 10.6 Å². The first kappa shape index (κ1) is 22.4. The van der Waals surface area contributed by atoms with E-state index in [0.29, 0.717) is 11.3 Å². The number of amides is 2. The molecular weight excluding hydrogens is 428 g/mol. The van der Waals surface area contributed by atoms with E-state index < -0.39 is 5.25 Å². The van der Waals surface area contributed by atoms with Gasteiger partial charge in [-0.25, -0.2) is 0 Å². The molecule has 0 aliphatic rings. The number of carbonyl (C=O) groups excluding carboxylic acids is 2. The minimum atomic E-state index is -0.417. The Morgan fingerprint density at radius 1 is 0.697 bits per heavy atom. The van der Waals surface area contributed by atoms with Crippen molar-refractivity contribution in [2.24, 2.45) is 0 Å². The molecule has 1 unspecified atom stereocenters. The molecule has 0 saturated heterocycles. The molecule has 0 spiro atoms. The average molecular weight is 453 g/mol. The van der Waals surface area contributed by atoms with Crippen molar-refractivity contribution in [2.75, 3.05) is 10.6 Å². The predicted octanol–water partition coefficient (Wildman–Crippen LogP) is 6.72. The Hall–Kier alpha value is -3.83. The standard InChI is InChI=1S/C28H24N2O2S/c1-20-9-8-12-22(19-20)27(31)29-24-15-17-25(18-16-24)33-26(21-10-4-2-5-11-21)28(32)30-23-13-6-3-7-14-23/h2-19,26H,1H3,(H,29,31)(H,30,32). The van der Waals surface area contributed by atoms with Crippen LogP contribution in [0.2, 0.25) is 0 Å². The number of anilines is 2. The highest BCUT2D eigenvalue weighted by Gasteiger charge is 2.22. The lowest BCUT2D eigenvalue weighted by Crippen LogP contribution is -2.19. The molecule has 0 heterocycles. The molecule has 1 atom stereocenters. The highest BCUT2D eigenvalue weighted by atomic mass is 32.2. The number of hydrogen-bond acceptors (Lipinski definition) is 3. The molecule has 2 amide bonds. The van der Waals surface area contributed by atoms with Gasteiger partial charge in [0.25, 0.3) is 5.91 Å². The molecule has 0 aliphatic heterocycles. The lowest BCUT2D eigenvalue weighted by atomic mass is 10.1. The lowest BCUT2D eigenvalue weighted by Gasteiger charge is -2.17. The third-order valence-corrected chi connectivity index (χ3v) is 6.29. The zero-order valence-corrected chi connectivity index (χ0v) is 19.0. The van der Waals surface area contributed by atoms with E-state index >= 15 is 0 Å². The summed E-state index contributed by atoms with van der Waals surface area (Å²) in [5.41, 5.74) is 4.05. The van der Waals surface area contributed by atoms with Gasteiger partial charge in [-0.3, -0.25) is 9.59 Å². The highest BCUT2D eigenvalue weighted by molar-refractivity contribution is 8.00. The van der Waals surface area contributed by atoms with Gasteiger partial charge in [0, 0.05) is 21.8 Å². The molecule has 0 bridgehead atoms. The van der Waals surface area contributed by atoms with Crippen molar-refractivity contribution in [1.29, 1.82) is 0 Å². The molecule has 0 aromatic heterocycles. The van der Waals surface area contributed by atoms with Gasteiger partial charge in [0.1, 0.15) is 5.25 Å². The summed E-state index contributed by atoms with van der Waals surface area (Å²) in [6.07, 6.45) is 0. The van der Waals surface area contributed by atoms with Crippen LogP contribution < -0.4 is 10.6 Å². The molecular formula is C28H24N2O2S. The summed E-state index contributed by atoms with van der Waals surface area (Å²) < 4.78 is 0. The first-order valence-corrected chi connectivity index (χ1v) is 11.5. The summed E-state index contributed by atoms with van der Waals surface area (Å²) in [7, 11) is 0. The van der Waals surface area contributed by atoms with Crippen molar-refractivity contribution < 1.29 is 9.59 Å². The van der Waals surface area contributed by atoms with E-state index in [-0.39, 0.29) is 11.8 Å². The van der Waals surface area contributed by atoms with Crippen LogP contribution in [0.15, 0.2) is 114 Å². The quantitative estimate of drug-likeness (QED) is 0.306. The molecule has 0 radical (unpaired) electrons. The van der Waals surface area contributed by atoms with Gasteiger partial charge >= 0.3 is 0 Å². The molecule has 4 nitrogen and oxygen atoms in total. The molecule has 0 fully saturated rings. The van der Waals surface area contributed by atoms with Gasteiger partial charge in [-0.05, 0) is 61.0 Å². The molecule has 4 rings (SSSR count). The van der Waals surface area contributed by atoms with E-state index in [4.69, 9.17) is 0 Å². The van der Waals surface area contributed by atoms with Crippen LogP contribution in [0.3, 0.4) is 0 Å². The van der Waals surface area contributed by atoms with Crippen LogP contribution in [0.1, 0.15) is 26.7 Å². The maximum atomic E-state index is 13.1. The first-order valence-electron chi connectivity index (χ1n) is 10.6. The topological polar surface area (TPSA) is 58.2 Å². The van der Waals surface area contributed by atoms with E-state index in [1.165, 1.54) is 11.8 Å². The number of nitrogens with one attached hydrogen (secondary N) is 2. The molecule has 5 heteroatoms. The van der Waals surface area contributed by atoms with Gasteiger partial charge in [-0.1, -0.05) is 66.2 Å². The van der Waals surface area contributed by atoms with Crippen LogP contribution in [0.5, 0.6) is 0 Å². The Kier molecular flexibility index (Phi) is 7.22. The summed E-state index contributed by atoms with van der Waals surface area (Å²) in [5, 5.41) is 5.51. The lowest BCUT2D eigenvalue weighted by molar-refractivity contribution is -0.115. The largest absolute Gasteiger partial charge is 0.325 e. The number of aryl methyl sites for hydroxylation is 1. The van der Waals surface area contributed by atoms with E-state index in [9.17, 15) is 9.59 Å². The fourth-order valence-electron chi connectivity index (χ4n) is 3.37. The van der Waals surface area contributed by atoms with Crippen LogP contribution in [0.4, 0.5) is 11.4 Å². The molecule has 0 aliphatic carbocycles. The van der Waals surface area contributed by atoms with E-state index in [1.54, 1.807) is 6.07 Å². The third-order valence-electron chi connectivity index (χ3n) is 5.03. The highest BCUT2D eigenvalue weighted by Crippen LogP contribution is 2.36. The normalized spacial score (nSPS) is 11.4. The minimum absolute atomic E-state index is 0.0887. The summed E-state index contributed by atoms with van der Waals surface area (Å²) in [4.78, 5) is 26.6. The second-order valence-corrected chi connectivity index (χ2v) is 8.79. The fraction of sp³-hybridized carbons (Fsp3) is 0.0714.